The lowest BCUT2D eigenvalue weighted by atomic mass is 9.64. The average molecular weight is 317 g/mol. The van der Waals surface area contributed by atoms with E-state index in [1.807, 2.05) is 18.2 Å². The second-order valence-corrected chi connectivity index (χ2v) is 8.15. The number of rotatable bonds is 1. The number of benzene rings is 1. The van der Waals surface area contributed by atoms with Gasteiger partial charge in [0.15, 0.2) is 0 Å². The van der Waals surface area contributed by atoms with Gasteiger partial charge in [0.05, 0.1) is 6.10 Å². The number of fused-ring (bicyclic) bond motifs is 1. The van der Waals surface area contributed by atoms with Crippen LogP contribution >= 0.6 is 0 Å². The van der Waals surface area contributed by atoms with Gasteiger partial charge in [-0.05, 0) is 35.7 Å². The van der Waals surface area contributed by atoms with E-state index in [2.05, 4.69) is 32.9 Å². The van der Waals surface area contributed by atoms with Gasteiger partial charge in [0.1, 0.15) is 0 Å². The molecule has 4 nitrogen and oxygen atoms in total. The number of nitrogens with zero attached hydrogens (tertiary/aromatic N) is 1. The highest BCUT2D eigenvalue weighted by Gasteiger charge is 2.54. The molecule has 1 aromatic carbocycles. The van der Waals surface area contributed by atoms with Gasteiger partial charge in [-0.3, -0.25) is 0 Å². The summed E-state index contributed by atoms with van der Waals surface area (Å²) in [5.74, 6) is 0.547. The van der Waals surface area contributed by atoms with E-state index in [9.17, 15) is 15.0 Å². The first-order chi connectivity index (χ1) is 10.8. The molecule has 1 aliphatic carbocycles. The van der Waals surface area contributed by atoms with Crippen LogP contribution in [0.5, 0.6) is 0 Å². The summed E-state index contributed by atoms with van der Waals surface area (Å²) < 4.78 is 0. The van der Waals surface area contributed by atoms with Gasteiger partial charge in [0, 0.05) is 18.5 Å². The maximum absolute atomic E-state index is 11.8. The number of hydrogen-bond acceptors (Lipinski definition) is 2. The van der Waals surface area contributed by atoms with Gasteiger partial charge in [-0.25, -0.2) is 4.79 Å². The number of likely N-dealkylation sites (tertiary alicyclic amines) is 1. The van der Waals surface area contributed by atoms with E-state index in [-0.39, 0.29) is 29.4 Å². The predicted molar refractivity (Wildman–Crippen MR) is 89.4 cm³/mol. The first-order valence-electron chi connectivity index (χ1n) is 8.53. The fourth-order valence-corrected chi connectivity index (χ4v) is 4.97. The van der Waals surface area contributed by atoms with Crippen LogP contribution in [0.15, 0.2) is 30.3 Å². The quantitative estimate of drug-likeness (QED) is 0.832. The zero-order chi connectivity index (χ0) is 16.8. The molecule has 0 radical (unpaired) electrons. The Hall–Kier alpha value is -1.55. The Bertz CT molecular complexity index is 566. The number of aliphatic hydroxyl groups is 1. The van der Waals surface area contributed by atoms with Gasteiger partial charge in [0.2, 0.25) is 0 Å². The summed E-state index contributed by atoms with van der Waals surface area (Å²) >= 11 is 0. The summed E-state index contributed by atoms with van der Waals surface area (Å²) in [5, 5.41) is 20.3. The first kappa shape index (κ1) is 16.3. The normalized spacial score (nSPS) is 34.3. The zero-order valence-corrected chi connectivity index (χ0v) is 14.1. The van der Waals surface area contributed by atoms with E-state index in [1.54, 1.807) is 4.90 Å². The topological polar surface area (TPSA) is 60.8 Å². The van der Waals surface area contributed by atoms with E-state index in [0.717, 1.165) is 18.4 Å². The number of aliphatic hydroxyl groups excluding tert-OH is 1. The molecule has 2 N–H and O–H groups in total. The van der Waals surface area contributed by atoms with Crippen LogP contribution in [0.1, 0.15) is 45.1 Å². The number of hydrogen-bond donors (Lipinski definition) is 2. The summed E-state index contributed by atoms with van der Waals surface area (Å²) in [6.45, 7) is 6.90. The SMILES string of the molecule is CC(C)(C)C1C2CCC(O)C(c3ccccc3)C2CN1C(=O)O. The molecule has 4 heteroatoms. The van der Waals surface area contributed by atoms with Gasteiger partial charge in [-0.1, -0.05) is 51.1 Å². The third-order valence-corrected chi connectivity index (χ3v) is 5.69. The summed E-state index contributed by atoms with van der Waals surface area (Å²) in [6, 6.07) is 10.1. The Morgan fingerprint density at radius 2 is 1.78 bits per heavy atom. The molecule has 3 rings (SSSR count). The smallest absolute Gasteiger partial charge is 0.407 e. The molecule has 0 bridgehead atoms. The van der Waals surface area contributed by atoms with E-state index in [1.165, 1.54) is 0 Å². The molecule has 2 aliphatic rings. The summed E-state index contributed by atoms with van der Waals surface area (Å²) in [6.07, 6.45) is 0.440. The van der Waals surface area contributed by atoms with Crippen LogP contribution < -0.4 is 0 Å². The minimum absolute atomic E-state index is 0.0173. The van der Waals surface area contributed by atoms with E-state index >= 15 is 0 Å². The molecule has 1 aromatic rings. The largest absolute Gasteiger partial charge is 0.465 e. The van der Waals surface area contributed by atoms with Crippen LogP contribution in [0.4, 0.5) is 4.79 Å². The summed E-state index contributed by atoms with van der Waals surface area (Å²) in [5.41, 5.74) is 1.04. The van der Waals surface area contributed by atoms with Crippen LogP contribution in [-0.4, -0.2) is 39.9 Å². The second kappa shape index (κ2) is 5.82. The minimum atomic E-state index is -0.833. The van der Waals surface area contributed by atoms with Crippen molar-refractivity contribution in [2.24, 2.45) is 17.3 Å². The highest BCUT2D eigenvalue weighted by molar-refractivity contribution is 5.66. The molecule has 5 atom stereocenters. The molecular formula is C19H27NO3. The Kier molecular flexibility index (Phi) is 4.13. The molecular weight excluding hydrogens is 290 g/mol. The van der Waals surface area contributed by atoms with Gasteiger partial charge in [0.25, 0.3) is 0 Å². The molecule has 126 valence electrons. The lowest BCUT2D eigenvalue weighted by Crippen LogP contribution is -2.46. The molecule has 0 aromatic heterocycles. The maximum Gasteiger partial charge on any atom is 0.407 e. The highest BCUT2D eigenvalue weighted by Crippen LogP contribution is 2.51. The Morgan fingerprint density at radius 1 is 1.13 bits per heavy atom. The molecule has 1 amide bonds. The number of carboxylic acid groups (broad SMARTS) is 1. The maximum atomic E-state index is 11.8. The Balaban J connectivity index is 1.98. The Morgan fingerprint density at radius 3 is 2.35 bits per heavy atom. The second-order valence-electron chi connectivity index (χ2n) is 8.15. The van der Waals surface area contributed by atoms with Crippen molar-refractivity contribution in [2.75, 3.05) is 6.54 Å². The van der Waals surface area contributed by atoms with Crippen LogP contribution in [-0.2, 0) is 0 Å². The van der Waals surface area contributed by atoms with E-state index < -0.39 is 6.09 Å². The van der Waals surface area contributed by atoms with E-state index in [0.29, 0.717) is 12.5 Å². The molecule has 0 spiro atoms. The van der Waals surface area contributed by atoms with Crippen LogP contribution in [0.2, 0.25) is 0 Å². The van der Waals surface area contributed by atoms with Crippen molar-refractivity contribution < 1.29 is 15.0 Å². The Labute approximate surface area is 138 Å². The molecule has 1 aliphatic heterocycles. The third-order valence-electron chi connectivity index (χ3n) is 5.69. The fourth-order valence-electron chi connectivity index (χ4n) is 4.97. The lowest BCUT2D eigenvalue weighted by molar-refractivity contribution is 0.0383. The molecule has 23 heavy (non-hydrogen) atoms. The first-order valence-corrected chi connectivity index (χ1v) is 8.53. The van der Waals surface area contributed by atoms with Crippen molar-refractivity contribution in [3.63, 3.8) is 0 Å². The highest BCUT2D eigenvalue weighted by atomic mass is 16.4. The van der Waals surface area contributed by atoms with Crippen LogP contribution in [0.3, 0.4) is 0 Å². The van der Waals surface area contributed by atoms with Crippen molar-refractivity contribution >= 4 is 6.09 Å². The predicted octanol–water partition coefficient (Wildman–Crippen LogP) is 3.57. The van der Waals surface area contributed by atoms with Crippen LogP contribution in [0, 0.1) is 17.3 Å². The van der Waals surface area contributed by atoms with Gasteiger partial charge < -0.3 is 15.1 Å². The van der Waals surface area contributed by atoms with Gasteiger partial charge >= 0.3 is 6.09 Å². The lowest BCUT2D eigenvalue weighted by Gasteiger charge is -2.42. The van der Waals surface area contributed by atoms with Gasteiger partial charge in [-0.2, -0.15) is 0 Å². The molecule has 1 heterocycles. The van der Waals surface area contributed by atoms with Crippen molar-refractivity contribution in [1.82, 2.24) is 4.90 Å². The summed E-state index contributed by atoms with van der Waals surface area (Å²) in [7, 11) is 0. The molecule has 1 saturated heterocycles. The third kappa shape index (κ3) is 2.85. The molecule has 5 unspecified atom stereocenters. The van der Waals surface area contributed by atoms with Crippen molar-refractivity contribution in [3.05, 3.63) is 35.9 Å². The van der Waals surface area contributed by atoms with Crippen molar-refractivity contribution in [1.29, 1.82) is 0 Å². The van der Waals surface area contributed by atoms with Crippen molar-refractivity contribution in [2.45, 2.75) is 51.7 Å². The number of amides is 1. The van der Waals surface area contributed by atoms with Crippen molar-refractivity contribution in [3.8, 4) is 0 Å². The monoisotopic (exact) mass is 317 g/mol. The minimum Gasteiger partial charge on any atom is -0.465 e. The van der Waals surface area contributed by atoms with E-state index in [4.69, 9.17) is 0 Å². The zero-order valence-electron chi connectivity index (χ0n) is 14.1. The summed E-state index contributed by atoms with van der Waals surface area (Å²) in [4.78, 5) is 13.4. The van der Waals surface area contributed by atoms with Gasteiger partial charge in [-0.15, -0.1) is 0 Å². The molecule has 1 saturated carbocycles. The standard InChI is InChI=1S/C19H27NO3/c1-19(2,3)17-13-9-10-15(21)16(12-7-5-4-6-8-12)14(13)11-20(17)18(22)23/h4-8,13-17,21H,9-11H2,1-3H3,(H,22,23). The molecule has 2 fully saturated rings. The average Bonchev–Trinajstić information content (AvgIpc) is 2.87. The fraction of sp³-hybridized carbons (Fsp3) is 0.632. The number of carbonyl (C=O) groups is 1. The van der Waals surface area contributed by atoms with Crippen LogP contribution in [0.25, 0.3) is 0 Å².